The second-order valence-electron chi connectivity index (χ2n) is 7.46. The van der Waals surface area contributed by atoms with Crippen LogP contribution in [0.15, 0.2) is 22.9 Å². The molecule has 0 unspecified atom stereocenters. The summed E-state index contributed by atoms with van der Waals surface area (Å²) in [5, 5.41) is 6.98. The van der Waals surface area contributed by atoms with Crippen molar-refractivity contribution >= 4 is 5.91 Å². The van der Waals surface area contributed by atoms with Gasteiger partial charge in [0.2, 0.25) is 0 Å². The van der Waals surface area contributed by atoms with Crippen molar-refractivity contribution in [3.05, 3.63) is 41.0 Å². The van der Waals surface area contributed by atoms with Gasteiger partial charge >= 0.3 is 0 Å². The molecule has 2 aromatic rings. The van der Waals surface area contributed by atoms with Crippen LogP contribution in [-0.2, 0) is 6.54 Å². The third-order valence-electron chi connectivity index (χ3n) is 5.47. The van der Waals surface area contributed by atoms with Crippen LogP contribution >= 0.6 is 0 Å². The average Bonchev–Trinajstić information content (AvgIpc) is 3.10. The van der Waals surface area contributed by atoms with Gasteiger partial charge < -0.3 is 14.4 Å². The molecule has 3 heterocycles. The zero-order valence-electron chi connectivity index (χ0n) is 15.2. The Morgan fingerprint density at radius 3 is 2.92 bits per heavy atom. The highest BCUT2D eigenvalue weighted by atomic mass is 19.1. The quantitative estimate of drug-likeness (QED) is 0.860. The first-order chi connectivity index (χ1) is 12.5. The molecule has 2 aromatic heterocycles. The van der Waals surface area contributed by atoms with E-state index >= 15 is 0 Å². The molecule has 1 aliphatic carbocycles. The molecular formula is C19H25FN4O2. The number of carbonyl (C=O) groups is 1. The van der Waals surface area contributed by atoms with E-state index in [0.717, 1.165) is 29.9 Å². The molecular weight excluding hydrogens is 335 g/mol. The van der Waals surface area contributed by atoms with Crippen molar-refractivity contribution in [1.29, 1.82) is 0 Å². The normalized spacial score (nSPS) is 23.5. The van der Waals surface area contributed by atoms with Crippen LogP contribution in [0.25, 0.3) is 0 Å². The predicted octanol–water partition coefficient (Wildman–Crippen LogP) is 2.77. The first-order valence-corrected chi connectivity index (χ1v) is 9.28. The van der Waals surface area contributed by atoms with E-state index in [1.807, 2.05) is 36.7 Å². The Kier molecular flexibility index (Phi) is 4.56. The van der Waals surface area contributed by atoms with Gasteiger partial charge in [0, 0.05) is 43.5 Å². The summed E-state index contributed by atoms with van der Waals surface area (Å²) in [6.45, 7) is 5.20. The summed E-state index contributed by atoms with van der Waals surface area (Å²) in [5.74, 6) is 0.691. The maximum atomic E-state index is 14.0. The number of aromatic nitrogens is 2. The number of likely N-dealkylation sites (tertiary alicyclic amines) is 1. The summed E-state index contributed by atoms with van der Waals surface area (Å²) in [4.78, 5) is 14.6. The van der Waals surface area contributed by atoms with Crippen LogP contribution in [0.1, 0.15) is 52.8 Å². The molecule has 1 N–H and O–H groups in total. The van der Waals surface area contributed by atoms with E-state index in [9.17, 15) is 9.18 Å². The maximum absolute atomic E-state index is 14.0. The van der Waals surface area contributed by atoms with E-state index in [2.05, 4.69) is 15.4 Å². The predicted molar refractivity (Wildman–Crippen MR) is 94.7 cm³/mol. The molecule has 4 rings (SSSR count). The van der Waals surface area contributed by atoms with Crippen LogP contribution < -0.4 is 5.32 Å². The highest BCUT2D eigenvalue weighted by Gasteiger charge is 2.34. The molecule has 26 heavy (non-hydrogen) atoms. The fraction of sp³-hybridized carbons (Fsp3) is 0.579. The van der Waals surface area contributed by atoms with Crippen LogP contribution in [0.2, 0.25) is 0 Å². The summed E-state index contributed by atoms with van der Waals surface area (Å²) in [6.07, 6.45) is 3.79. The van der Waals surface area contributed by atoms with Crippen molar-refractivity contribution in [1.82, 2.24) is 19.9 Å². The summed E-state index contributed by atoms with van der Waals surface area (Å²) in [6, 6.07) is 4.20. The standard InChI is InChI=1S/C19H25FN4O2/c1-12-17(13(2)26-22-12)11-23-10-14(20)8-16(23)9-21-19(25)18-4-3-7-24(18)15-5-6-15/h3-4,7,14-16H,5-6,8-11H2,1-2H3,(H,21,25)/t14-,16-/m0/s1. The Morgan fingerprint density at radius 1 is 1.42 bits per heavy atom. The molecule has 0 bridgehead atoms. The number of aryl methyl sites for hydroxylation is 2. The number of rotatable bonds is 6. The van der Waals surface area contributed by atoms with Gasteiger partial charge in [-0.1, -0.05) is 5.16 Å². The zero-order chi connectivity index (χ0) is 18.3. The zero-order valence-corrected chi connectivity index (χ0v) is 15.2. The minimum absolute atomic E-state index is 0.0213. The van der Waals surface area contributed by atoms with Gasteiger partial charge in [-0.25, -0.2) is 4.39 Å². The Labute approximate surface area is 152 Å². The van der Waals surface area contributed by atoms with Crippen molar-refractivity contribution in [3.8, 4) is 0 Å². The molecule has 1 amide bonds. The number of nitrogens with one attached hydrogen (secondary N) is 1. The number of carbonyl (C=O) groups excluding carboxylic acids is 1. The lowest BCUT2D eigenvalue weighted by Crippen LogP contribution is -2.40. The van der Waals surface area contributed by atoms with Gasteiger partial charge in [-0.15, -0.1) is 0 Å². The molecule has 0 spiro atoms. The van der Waals surface area contributed by atoms with E-state index in [1.165, 1.54) is 0 Å². The minimum Gasteiger partial charge on any atom is -0.361 e. The molecule has 6 nitrogen and oxygen atoms in total. The molecule has 0 radical (unpaired) electrons. The topological polar surface area (TPSA) is 63.3 Å². The Balaban J connectivity index is 1.39. The van der Waals surface area contributed by atoms with Gasteiger partial charge in [0.15, 0.2) is 0 Å². The van der Waals surface area contributed by atoms with Crippen molar-refractivity contribution in [2.24, 2.45) is 0 Å². The van der Waals surface area contributed by atoms with E-state index < -0.39 is 6.17 Å². The van der Waals surface area contributed by atoms with Crippen molar-refractivity contribution in [2.45, 2.75) is 57.9 Å². The first kappa shape index (κ1) is 17.3. The SMILES string of the molecule is Cc1noc(C)c1CN1C[C@@H](F)C[C@H]1CNC(=O)c1cccn1C1CC1. The fourth-order valence-electron chi connectivity index (χ4n) is 3.82. The van der Waals surface area contributed by atoms with Gasteiger partial charge in [0.25, 0.3) is 5.91 Å². The maximum Gasteiger partial charge on any atom is 0.267 e. The third kappa shape index (κ3) is 3.40. The molecule has 2 aliphatic rings. The Morgan fingerprint density at radius 2 is 2.23 bits per heavy atom. The van der Waals surface area contributed by atoms with Gasteiger partial charge in [-0.05, 0) is 45.2 Å². The molecule has 1 aliphatic heterocycles. The molecule has 1 saturated heterocycles. The number of amides is 1. The van der Waals surface area contributed by atoms with E-state index in [4.69, 9.17) is 4.52 Å². The Hall–Kier alpha value is -2.15. The summed E-state index contributed by atoms with van der Waals surface area (Å²) >= 11 is 0. The van der Waals surface area contributed by atoms with Crippen molar-refractivity contribution < 1.29 is 13.7 Å². The second kappa shape index (κ2) is 6.87. The number of nitrogens with zero attached hydrogens (tertiary/aromatic N) is 3. The Bertz CT molecular complexity index is 776. The van der Waals surface area contributed by atoms with Crippen LogP contribution in [0.4, 0.5) is 4.39 Å². The monoisotopic (exact) mass is 360 g/mol. The van der Waals surface area contributed by atoms with Gasteiger partial charge in [-0.3, -0.25) is 9.69 Å². The van der Waals surface area contributed by atoms with Crippen LogP contribution in [-0.4, -0.2) is 45.8 Å². The van der Waals surface area contributed by atoms with Crippen LogP contribution in [0, 0.1) is 13.8 Å². The van der Waals surface area contributed by atoms with Crippen molar-refractivity contribution in [3.63, 3.8) is 0 Å². The molecule has 0 aromatic carbocycles. The summed E-state index contributed by atoms with van der Waals surface area (Å²) < 4.78 is 21.3. The molecule has 2 fully saturated rings. The third-order valence-corrected chi connectivity index (χ3v) is 5.47. The van der Waals surface area contributed by atoms with E-state index in [-0.39, 0.29) is 11.9 Å². The lowest BCUT2D eigenvalue weighted by molar-refractivity contribution is 0.0930. The van der Waals surface area contributed by atoms with Gasteiger partial charge in [0.05, 0.1) is 5.69 Å². The smallest absolute Gasteiger partial charge is 0.267 e. The summed E-state index contributed by atoms with van der Waals surface area (Å²) in [5.41, 5.74) is 2.55. The highest BCUT2D eigenvalue weighted by molar-refractivity contribution is 5.92. The lowest BCUT2D eigenvalue weighted by atomic mass is 10.1. The van der Waals surface area contributed by atoms with Crippen molar-refractivity contribution in [2.75, 3.05) is 13.1 Å². The molecule has 2 atom stereocenters. The number of hydrogen-bond donors (Lipinski definition) is 1. The minimum atomic E-state index is -0.868. The first-order valence-electron chi connectivity index (χ1n) is 9.28. The molecule has 1 saturated carbocycles. The number of halogens is 1. The lowest BCUT2D eigenvalue weighted by Gasteiger charge is -2.24. The molecule has 140 valence electrons. The van der Waals surface area contributed by atoms with E-state index in [0.29, 0.717) is 37.8 Å². The highest BCUT2D eigenvalue weighted by Crippen LogP contribution is 2.36. The van der Waals surface area contributed by atoms with Gasteiger partial charge in [-0.2, -0.15) is 0 Å². The average molecular weight is 360 g/mol. The largest absolute Gasteiger partial charge is 0.361 e. The van der Waals surface area contributed by atoms with Crippen LogP contribution in [0.5, 0.6) is 0 Å². The number of hydrogen-bond acceptors (Lipinski definition) is 4. The molecule has 7 heteroatoms. The summed E-state index contributed by atoms with van der Waals surface area (Å²) in [7, 11) is 0. The van der Waals surface area contributed by atoms with E-state index in [1.54, 1.807) is 0 Å². The van der Waals surface area contributed by atoms with Crippen LogP contribution in [0.3, 0.4) is 0 Å². The van der Waals surface area contributed by atoms with Gasteiger partial charge in [0.1, 0.15) is 17.6 Å². The second-order valence-corrected chi connectivity index (χ2v) is 7.46. The fourth-order valence-corrected chi connectivity index (χ4v) is 3.82. The number of alkyl halides is 1.